The molecule has 0 aliphatic rings. The molecule has 7 nitrogen and oxygen atoms in total. The summed E-state index contributed by atoms with van der Waals surface area (Å²) < 4.78 is 38.9. The molecule has 9 heteroatoms. The van der Waals surface area contributed by atoms with Crippen LogP contribution in [0.25, 0.3) is 0 Å². The molecule has 0 aliphatic heterocycles. The van der Waals surface area contributed by atoms with E-state index in [1.165, 1.54) is 31.9 Å². The standard InChI is InChI=1S/C26H30N2O5S2/c1-20-9-12-23(13-10-20)35(30,31)28(24-14-11-22(32-2)17-25(24)33-3)18-26(29)27-15-16-34-19-21-7-5-4-6-8-21/h4-14,17H,15-16,18-19H2,1-3H3,(H,27,29). The second-order valence-electron chi connectivity index (χ2n) is 7.75. The smallest absolute Gasteiger partial charge is 0.264 e. The van der Waals surface area contributed by atoms with Gasteiger partial charge in [0.05, 0.1) is 24.8 Å². The molecular formula is C26H30N2O5S2. The van der Waals surface area contributed by atoms with Gasteiger partial charge in [0.25, 0.3) is 10.0 Å². The number of hydrogen-bond donors (Lipinski definition) is 1. The van der Waals surface area contributed by atoms with E-state index in [-0.39, 0.29) is 22.9 Å². The van der Waals surface area contributed by atoms with E-state index in [1.54, 1.807) is 42.1 Å². The summed E-state index contributed by atoms with van der Waals surface area (Å²) in [6.45, 7) is 1.92. The van der Waals surface area contributed by atoms with Crippen molar-refractivity contribution in [3.8, 4) is 11.5 Å². The van der Waals surface area contributed by atoms with Crippen LogP contribution >= 0.6 is 11.8 Å². The quantitative estimate of drug-likeness (QED) is 0.364. The molecule has 0 atom stereocenters. The van der Waals surface area contributed by atoms with Gasteiger partial charge in [-0.2, -0.15) is 11.8 Å². The normalized spacial score (nSPS) is 11.1. The Labute approximate surface area is 211 Å². The zero-order chi connectivity index (χ0) is 25.3. The van der Waals surface area contributed by atoms with E-state index in [9.17, 15) is 13.2 Å². The van der Waals surface area contributed by atoms with Gasteiger partial charge in [-0.05, 0) is 36.8 Å². The number of nitrogens with one attached hydrogen (secondary N) is 1. The van der Waals surface area contributed by atoms with Crippen molar-refractivity contribution in [1.29, 1.82) is 0 Å². The van der Waals surface area contributed by atoms with Crippen molar-refractivity contribution in [2.45, 2.75) is 17.6 Å². The minimum absolute atomic E-state index is 0.0900. The Balaban J connectivity index is 1.75. The summed E-state index contributed by atoms with van der Waals surface area (Å²) in [7, 11) is -1.09. The van der Waals surface area contributed by atoms with Gasteiger partial charge in [-0.25, -0.2) is 8.42 Å². The summed E-state index contributed by atoms with van der Waals surface area (Å²) in [6.07, 6.45) is 0. The monoisotopic (exact) mass is 514 g/mol. The number of anilines is 1. The molecule has 0 bridgehead atoms. The number of thioether (sulfide) groups is 1. The Hall–Kier alpha value is -3.17. The van der Waals surface area contributed by atoms with Gasteiger partial charge in [0.1, 0.15) is 18.0 Å². The van der Waals surface area contributed by atoms with Gasteiger partial charge < -0.3 is 14.8 Å². The van der Waals surface area contributed by atoms with Gasteiger partial charge in [-0.1, -0.05) is 48.0 Å². The lowest BCUT2D eigenvalue weighted by atomic mass is 10.2. The van der Waals surface area contributed by atoms with Crippen LogP contribution in [-0.2, 0) is 20.6 Å². The predicted octanol–water partition coefficient (Wildman–Crippen LogP) is 4.26. The molecule has 3 aromatic carbocycles. The Morgan fingerprint density at radius 1 is 0.971 bits per heavy atom. The highest BCUT2D eigenvalue weighted by molar-refractivity contribution is 7.98. The summed E-state index contributed by atoms with van der Waals surface area (Å²) in [6, 6.07) is 21.4. The third kappa shape index (κ3) is 7.16. The first-order valence-corrected chi connectivity index (χ1v) is 13.6. The van der Waals surface area contributed by atoms with Gasteiger partial charge in [-0.15, -0.1) is 0 Å². The average Bonchev–Trinajstić information content (AvgIpc) is 2.87. The lowest BCUT2D eigenvalue weighted by Crippen LogP contribution is -2.41. The van der Waals surface area contributed by atoms with Gasteiger partial charge in [-0.3, -0.25) is 9.10 Å². The second kappa shape index (κ2) is 12.5. The molecule has 0 unspecified atom stereocenters. The molecule has 3 rings (SSSR count). The maximum Gasteiger partial charge on any atom is 0.264 e. The highest BCUT2D eigenvalue weighted by Gasteiger charge is 2.29. The fraction of sp³-hybridized carbons (Fsp3) is 0.269. The second-order valence-corrected chi connectivity index (χ2v) is 10.7. The van der Waals surface area contributed by atoms with Gasteiger partial charge >= 0.3 is 0 Å². The zero-order valence-corrected chi connectivity index (χ0v) is 21.7. The maximum absolute atomic E-state index is 13.6. The molecular weight excluding hydrogens is 484 g/mol. The summed E-state index contributed by atoms with van der Waals surface area (Å²) in [5, 5.41) is 2.83. The molecule has 0 radical (unpaired) electrons. The molecule has 0 spiro atoms. The third-order valence-corrected chi connectivity index (χ3v) is 8.04. The molecule has 0 aromatic heterocycles. The van der Waals surface area contributed by atoms with Gasteiger partial charge in [0.15, 0.2) is 0 Å². The molecule has 3 aromatic rings. The number of carbonyl (C=O) groups is 1. The van der Waals surface area contributed by atoms with Crippen LogP contribution in [0.3, 0.4) is 0 Å². The number of aryl methyl sites for hydroxylation is 1. The number of sulfonamides is 1. The highest BCUT2D eigenvalue weighted by Crippen LogP contribution is 2.35. The van der Waals surface area contributed by atoms with Crippen LogP contribution in [0.15, 0.2) is 77.7 Å². The van der Waals surface area contributed by atoms with Crippen molar-refractivity contribution in [3.63, 3.8) is 0 Å². The van der Waals surface area contributed by atoms with E-state index in [4.69, 9.17) is 9.47 Å². The molecule has 1 amide bonds. The summed E-state index contributed by atoms with van der Waals surface area (Å²) in [5.41, 5.74) is 2.40. The summed E-state index contributed by atoms with van der Waals surface area (Å²) in [4.78, 5) is 12.9. The van der Waals surface area contributed by atoms with Crippen molar-refractivity contribution in [3.05, 3.63) is 83.9 Å². The SMILES string of the molecule is COc1ccc(N(CC(=O)NCCSCc2ccccc2)S(=O)(=O)c2ccc(C)cc2)c(OC)c1. The van der Waals surface area contributed by atoms with Crippen molar-refractivity contribution >= 4 is 33.4 Å². The Morgan fingerprint density at radius 3 is 2.34 bits per heavy atom. The van der Waals surface area contributed by atoms with E-state index in [0.717, 1.165) is 15.6 Å². The fourth-order valence-electron chi connectivity index (χ4n) is 3.34. The van der Waals surface area contributed by atoms with Gasteiger partial charge in [0.2, 0.25) is 5.91 Å². The van der Waals surface area contributed by atoms with E-state index < -0.39 is 15.9 Å². The minimum Gasteiger partial charge on any atom is -0.497 e. The van der Waals surface area contributed by atoms with E-state index >= 15 is 0 Å². The molecule has 0 aliphatic carbocycles. The third-order valence-electron chi connectivity index (χ3n) is 5.23. The van der Waals surface area contributed by atoms with Crippen molar-refractivity contribution < 1.29 is 22.7 Å². The molecule has 35 heavy (non-hydrogen) atoms. The molecule has 0 heterocycles. The first kappa shape index (κ1) is 26.4. The van der Waals surface area contributed by atoms with Crippen molar-refractivity contribution in [1.82, 2.24) is 5.32 Å². The molecule has 0 saturated heterocycles. The predicted molar refractivity (Wildman–Crippen MR) is 141 cm³/mol. The molecule has 1 N–H and O–H groups in total. The van der Waals surface area contributed by atoms with Crippen LogP contribution in [0.5, 0.6) is 11.5 Å². The fourth-order valence-corrected chi connectivity index (χ4v) is 5.59. The van der Waals surface area contributed by atoms with Crippen LogP contribution < -0.4 is 19.1 Å². The Bertz CT molecular complexity index is 1220. The maximum atomic E-state index is 13.6. The van der Waals surface area contributed by atoms with Crippen LogP contribution in [0.2, 0.25) is 0 Å². The Kier molecular flexibility index (Phi) is 9.45. The van der Waals surface area contributed by atoms with Crippen LogP contribution in [-0.4, -0.2) is 47.4 Å². The van der Waals surface area contributed by atoms with Crippen LogP contribution in [0, 0.1) is 6.92 Å². The number of carbonyl (C=O) groups excluding carboxylic acids is 1. The highest BCUT2D eigenvalue weighted by atomic mass is 32.2. The number of rotatable bonds is 12. The van der Waals surface area contributed by atoms with Crippen LogP contribution in [0.1, 0.15) is 11.1 Å². The summed E-state index contributed by atoms with van der Waals surface area (Å²) in [5.74, 6) is 1.94. The van der Waals surface area contributed by atoms with E-state index in [0.29, 0.717) is 18.0 Å². The van der Waals surface area contributed by atoms with Gasteiger partial charge in [0, 0.05) is 24.1 Å². The molecule has 0 fully saturated rings. The zero-order valence-electron chi connectivity index (χ0n) is 20.1. The lowest BCUT2D eigenvalue weighted by molar-refractivity contribution is -0.119. The number of nitrogens with zero attached hydrogens (tertiary/aromatic N) is 1. The first-order chi connectivity index (χ1) is 16.8. The number of hydrogen-bond acceptors (Lipinski definition) is 6. The topological polar surface area (TPSA) is 84.9 Å². The van der Waals surface area contributed by atoms with Crippen LogP contribution in [0.4, 0.5) is 5.69 Å². The average molecular weight is 515 g/mol. The number of ether oxygens (including phenoxy) is 2. The first-order valence-electron chi connectivity index (χ1n) is 11.0. The largest absolute Gasteiger partial charge is 0.497 e. The number of benzene rings is 3. The summed E-state index contributed by atoms with van der Waals surface area (Å²) >= 11 is 1.70. The Morgan fingerprint density at radius 2 is 1.69 bits per heavy atom. The lowest BCUT2D eigenvalue weighted by Gasteiger charge is -2.26. The minimum atomic E-state index is -4.04. The molecule has 186 valence electrons. The number of methoxy groups -OCH3 is 2. The van der Waals surface area contributed by atoms with Crippen molar-refractivity contribution in [2.24, 2.45) is 0 Å². The van der Waals surface area contributed by atoms with Crippen molar-refractivity contribution in [2.75, 3.05) is 37.4 Å². The molecule has 0 saturated carbocycles. The van der Waals surface area contributed by atoms with E-state index in [2.05, 4.69) is 17.4 Å². The number of amides is 1. The van der Waals surface area contributed by atoms with E-state index in [1.807, 2.05) is 25.1 Å².